The maximum atomic E-state index is 10.8. The lowest BCUT2D eigenvalue weighted by molar-refractivity contribution is -0.385. The van der Waals surface area contributed by atoms with Gasteiger partial charge in [0.2, 0.25) is 11.8 Å². The number of aromatic nitrogens is 2. The van der Waals surface area contributed by atoms with Crippen LogP contribution in [0.4, 0.5) is 5.69 Å². The second-order valence-corrected chi connectivity index (χ2v) is 4.47. The van der Waals surface area contributed by atoms with Gasteiger partial charge in [0.05, 0.1) is 4.92 Å². The van der Waals surface area contributed by atoms with E-state index in [1.165, 1.54) is 6.07 Å². The molecule has 0 saturated heterocycles. The first-order chi connectivity index (χ1) is 8.49. The Bertz CT molecular complexity index is 595. The van der Waals surface area contributed by atoms with E-state index in [0.717, 1.165) is 0 Å². The molecule has 0 amide bonds. The molecule has 0 fully saturated rings. The third-order valence-electron chi connectivity index (χ3n) is 2.43. The van der Waals surface area contributed by atoms with Crippen molar-refractivity contribution >= 4 is 17.3 Å². The summed E-state index contributed by atoms with van der Waals surface area (Å²) in [6.45, 7) is 3.37. The molecule has 7 heteroatoms. The third kappa shape index (κ3) is 2.33. The smallest absolute Gasteiger partial charge is 0.273 e. The van der Waals surface area contributed by atoms with Crippen molar-refractivity contribution in [3.8, 4) is 11.5 Å². The van der Waals surface area contributed by atoms with Crippen molar-refractivity contribution in [2.45, 2.75) is 19.2 Å². The number of rotatable bonds is 3. The maximum absolute atomic E-state index is 10.8. The number of alkyl halides is 1. The van der Waals surface area contributed by atoms with E-state index >= 15 is 0 Å². The van der Waals surface area contributed by atoms with E-state index in [0.29, 0.717) is 11.1 Å². The largest absolute Gasteiger partial charge is 0.419 e. The highest BCUT2D eigenvalue weighted by molar-refractivity contribution is 6.20. The highest BCUT2D eigenvalue weighted by atomic mass is 35.5. The fourth-order valence-electron chi connectivity index (χ4n) is 1.45. The van der Waals surface area contributed by atoms with E-state index in [2.05, 4.69) is 10.2 Å². The summed E-state index contributed by atoms with van der Waals surface area (Å²) < 4.78 is 5.33. The molecule has 1 aromatic carbocycles. The number of nitro benzene ring substituents is 1. The van der Waals surface area contributed by atoms with Crippen LogP contribution in [0.1, 0.15) is 23.8 Å². The molecule has 0 aliphatic heterocycles. The van der Waals surface area contributed by atoms with Gasteiger partial charge in [-0.3, -0.25) is 10.1 Å². The predicted molar refractivity (Wildman–Crippen MR) is 65.4 cm³/mol. The van der Waals surface area contributed by atoms with Crippen molar-refractivity contribution < 1.29 is 9.34 Å². The van der Waals surface area contributed by atoms with Gasteiger partial charge in [-0.25, -0.2) is 0 Å². The second kappa shape index (κ2) is 4.73. The molecule has 1 atom stereocenters. The first-order valence-corrected chi connectivity index (χ1v) is 5.65. The fraction of sp³-hybridized carbons (Fsp3) is 0.273. The summed E-state index contributed by atoms with van der Waals surface area (Å²) in [4.78, 5) is 10.4. The van der Waals surface area contributed by atoms with E-state index in [9.17, 15) is 10.1 Å². The minimum Gasteiger partial charge on any atom is -0.419 e. The van der Waals surface area contributed by atoms with E-state index in [-0.39, 0.29) is 17.5 Å². The number of hydrogen-bond acceptors (Lipinski definition) is 5. The minimum absolute atomic E-state index is 0.0196. The number of nitro groups is 1. The summed E-state index contributed by atoms with van der Waals surface area (Å²) in [6.07, 6.45) is 0. The minimum atomic E-state index is -0.444. The Morgan fingerprint density at radius 2 is 2.17 bits per heavy atom. The summed E-state index contributed by atoms with van der Waals surface area (Å²) in [5.74, 6) is 0.510. The number of hydrogen-bond donors (Lipinski definition) is 0. The van der Waals surface area contributed by atoms with Gasteiger partial charge >= 0.3 is 0 Å². The highest BCUT2D eigenvalue weighted by Crippen LogP contribution is 2.27. The molecule has 1 aromatic heterocycles. The average molecular weight is 268 g/mol. The Balaban J connectivity index is 2.44. The lowest BCUT2D eigenvalue weighted by atomic mass is 10.1. The van der Waals surface area contributed by atoms with Gasteiger partial charge in [-0.05, 0) is 19.9 Å². The summed E-state index contributed by atoms with van der Waals surface area (Å²) in [6, 6.07) is 4.74. The molecular formula is C11H10ClN3O3. The average Bonchev–Trinajstić information content (AvgIpc) is 2.78. The Hall–Kier alpha value is -1.95. The Kier molecular flexibility index (Phi) is 3.29. The molecule has 0 aliphatic carbocycles. The van der Waals surface area contributed by atoms with Crippen molar-refractivity contribution in [2.24, 2.45) is 0 Å². The maximum Gasteiger partial charge on any atom is 0.273 e. The number of nitrogens with zero attached hydrogens (tertiary/aromatic N) is 3. The standard InChI is InChI=1S/C11H10ClN3O3/c1-6-3-4-8(5-9(6)15(16)17)11-14-13-10(18-11)7(2)12/h3-5,7H,1-2H3. The topological polar surface area (TPSA) is 82.1 Å². The molecule has 0 saturated carbocycles. The Labute approximate surface area is 108 Å². The van der Waals surface area contributed by atoms with Gasteiger partial charge in [0.15, 0.2) is 0 Å². The monoisotopic (exact) mass is 267 g/mol. The van der Waals surface area contributed by atoms with E-state index in [1.807, 2.05) is 0 Å². The van der Waals surface area contributed by atoms with Gasteiger partial charge in [-0.15, -0.1) is 21.8 Å². The van der Waals surface area contributed by atoms with E-state index in [4.69, 9.17) is 16.0 Å². The van der Waals surface area contributed by atoms with Crippen LogP contribution >= 0.6 is 11.6 Å². The molecule has 0 aliphatic rings. The van der Waals surface area contributed by atoms with Crippen LogP contribution in [0.25, 0.3) is 11.5 Å². The van der Waals surface area contributed by atoms with Crippen molar-refractivity contribution in [1.82, 2.24) is 10.2 Å². The fourth-order valence-corrected chi connectivity index (χ4v) is 1.54. The van der Waals surface area contributed by atoms with Crippen LogP contribution in [0, 0.1) is 17.0 Å². The Morgan fingerprint density at radius 3 is 2.72 bits per heavy atom. The zero-order valence-electron chi connectivity index (χ0n) is 9.75. The molecule has 18 heavy (non-hydrogen) atoms. The van der Waals surface area contributed by atoms with Crippen molar-refractivity contribution in [3.05, 3.63) is 39.8 Å². The molecular weight excluding hydrogens is 258 g/mol. The lowest BCUT2D eigenvalue weighted by Crippen LogP contribution is -1.92. The van der Waals surface area contributed by atoms with Crippen LogP contribution < -0.4 is 0 Å². The number of benzene rings is 1. The second-order valence-electron chi connectivity index (χ2n) is 3.82. The quantitative estimate of drug-likeness (QED) is 0.484. The molecule has 6 nitrogen and oxygen atoms in total. The van der Waals surface area contributed by atoms with Crippen molar-refractivity contribution in [2.75, 3.05) is 0 Å². The molecule has 1 heterocycles. The van der Waals surface area contributed by atoms with Crippen molar-refractivity contribution in [1.29, 1.82) is 0 Å². The van der Waals surface area contributed by atoms with Gasteiger partial charge in [0, 0.05) is 17.2 Å². The molecule has 2 rings (SSSR count). The van der Waals surface area contributed by atoms with E-state index < -0.39 is 10.3 Å². The number of halogens is 1. The van der Waals surface area contributed by atoms with Crippen molar-refractivity contribution in [3.63, 3.8) is 0 Å². The predicted octanol–water partition coefficient (Wildman–Crippen LogP) is 3.25. The summed E-state index contributed by atoms with van der Waals surface area (Å²) in [5, 5.41) is 18.0. The van der Waals surface area contributed by atoms with Crippen LogP contribution in [0.2, 0.25) is 0 Å². The molecule has 0 spiro atoms. The van der Waals surface area contributed by atoms with Crippen LogP contribution in [-0.2, 0) is 0 Å². The molecule has 0 bridgehead atoms. The summed E-state index contributed by atoms with van der Waals surface area (Å²) in [5.41, 5.74) is 1.10. The van der Waals surface area contributed by atoms with Gasteiger partial charge in [-0.2, -0.15) is 0 Å². The normalized spacial score (nSPS) is 12.4. The summed E-state index contributed by atoms with van der Waals surface area (Å²) in [7, 11) is 0. The van der Waals surface area contributed by atoms with Crippen LogP contribution in [0.3, 0.4) is 0 Å². The van der Waals surface area contributed by atoms with E-state index in [1.54, 1.807) is 26.0 Å². The zero-order chi connectivity index (χ0) is 13.3. The molecule has 94 valence electrons. The third-order valence-corrected chi connectivity index (χ3v) is 2.62. The summed E-state index contributed by atoms with van der Waals surface area (Å²) >= 11 is 5.81. The van der Waals surface area contributed by atoms with Gasteiger partial charge < -0.3 is 4.42 Å². The number of aryl methyl sites for hydroxylation is 1. The van der Waals surface area contributed by atoms with Crippen LogP contribution in [-0.4, -0.2) is 15.1 Å². The van der Waals surface area contributed by atoms with Gasteiger partial charge in [0.1, 0.15) is 5.38 Å². The van der Waals surface area contributed by atoms with Crippen LogP contribution in [0.15, 0.2) is 22.6 Å². The Morgan fingerprint density at radius 1 is 1.44 bits per heavy atom. The van der Waals surface area contributed by atoms with Crippen LogP contribution in [0.5, 0.6) is 0 Å². The zero-order valence-corrected chi connectivity index (χ0v) is 10.5. The molecule has 0 radical (unpaired) electrons. The molecule has 0 N–H and O–H groups in total. The van der Waals surface area contributed by atoms with Gasteiger partial charge in [-0.1, -0.05) is 6.07 Å². The highest BCUT2D eigenvalue weighted by Gasteiger charge is 2.16. The van der Waals surface area contributed by atoms with Gasteiger partial charge in [0.25, 0.3) is 5.69 Å². The first kappa shape index (κ1) is 12.5. The molecule has 1 unspecified atom stereocenters. The molecule has 2 aromatic rings. The SMILES string of the molecule is Cc1ccc(-c2nnc(C(C)Cl)o2)cc1[N+](=O)[O-]. The first-order valence-electron chi connectivity index (χ1n) is 5.22. The lowest BCUT2D eigenvalue weighted by Gasteiger charge is -1.99.